The summed E-state index contributed by atoms with van der Waals surface area (Å²) in [5.74, 6) is -2.13. The molecule has 1 saturated heterocycles. The Hall–Kier alpha value is -3.00. The zero-order valence-corrected chi connectivity index (χ0v) is 17.4. The highest BCUT2D eigenvalue weighted by atomic mass is 32.2. The van der Waals surface area contributed by atoms with Crippen LogP contribution in [-0.4, -0.2) is 62.2 Å². The van der Waals surface area contributed by atoms with E-state index < -0.39 is 58.8 Å². The minimum Gasteiger partial charge on any atom is -0.452 e. The minimum absolute atomic E-state index is 0.00351. The van der Waals surface area contributed by atoms with Gasteiger partial charge < -0.3 is 19.3 Å². The van der Waals surface area contributed by atoms with Gasteiger partial charge in [0.2, 0.25) is 0 Å². The second-order valence-corrected chi connectivity index (χ2v) is 8.29. The average molecular weight is 490 g/mol. The van der Waals surface area contributed by atoms with E-state index in [0.29, 0.717) is 0 Å². The Labute approximate surface area is 185 Å². The molecule has 0 aromatic heterocycles. The maximum atomic E-state index is 12.9. The molecule has 0 spiro atoms. The quantitative estimate of drug-likeness (QED) is 0.368. The van der Waals surface area contributed by atoms with Crippen molar-refractivity contribution >= 4 is 22.1 Å². The molecule has 4 atom stereocenters. The van der Waals surface area contributed by atoms with Crippen LogP contribution in [0.3, 0.4) is 0 Å². The van der Waals surface area contributed by atoms with Crippen LogP contribution in [0.15, 0.2) is 60.7 Å². The van der Waals surface area contributed by atoms with E-state index >= 15 is 0 Å². The standard InChI is InChI=1S/C20H17F3O9S/c21-20(22,23)33(27,28)32-14-11-29-19(26)16(31-18(25)13-9-5-2-6-10-13)15(14)30-17(24)12-7-3-1-4-8-12/h1-10,14-16,19,26H,11H2/t14-,15?,16+,19-/m1/s1. The lowest BCUT2D eigenvalue weighted by molar-refractivity contribution is -0.247. The molecule has 1 aliphatic rings. The van der Waals surface area contributed by atoms with Crippen LogP contribution in [0, 0.1) is 0 Å². The molecule has 0 radical (unpaired) electrons. The van der Waals surface area contributed by atoms with Crippen molar-refractivity contribution in [3.8, 4) is 0 Å². The van der Waals surface area contributed by atoms with E-state index in [2.05, 4.69) is 4.18 Å². The number of carbonyl (C=O) groups is 2. The van der Waals surface area contributed by atoms with Crippen LogP contribution >= 0.6 is 0 Å². The van der Waals surface area contributed by atoms with Gasteiger partial charge in [0, 0.05) is 0 Å². The molecular formula is C20H17F3O9S. The van der Waals surface area contributed by atoms with Gasteiger partial charge in [0.05, 0.1) is 17.7 Å². The number of aliphatic hydroxyl groups is 1. The van der Waals surface area contributed by atoms with Gasteiger partial charge in [-0.15, -0.1) is 0 Å². The molecule has 178 valence electrons. The maximum absolute atomic E-state index is 12.9. The number of hydrogen-bond acceptors (Lipinski definition) is 9. The molecule has 1 N–H and O–H groups in total. The van der Waals surface area contributed by atoms with Gasteiger partial charge in [-0.05, 0) is 24.3 Å². The summed E-state index contributed by atoms with van der Waals surface area (Å²) in [6, 6.07) is 14.5. The third-order valence-electron chi connectivity index (χ3n) is 4.44. The fourth-order valence-corrected chi connectivity index (χ4v) is 3.46. The van der Waals surface area contributed by atoms with Crippen LogP contribution in [0.4, 0.5) is 13.2 Å². The van der Waals surface area contributed by atoms with Gasteiger partial charge in [-0.3, -0.25) is 4.18 Å². The molecule has 1 unspecified atom stereocenters. The van der Waals surface area contributed by atoms with Gasteiger partial charge in [0.15, 0.2) is 18.5 Å². The summed E-state index contributed by atoms with van der Waals surface area (Å²) < 4.78 is 81.0. The van der Waals surface area contributed by atoms with Gasteiger partial charge >= 0.3 is 27.6 Å². The molecule has 0 aliphatic carbocycles. The third-order valence-corrected chi connectivity index (χ3v) is 5.51. The molecule has 1 aliphatic heterocycles. The van der Waals surface area contributed by atoms with Crippen molar-refractivity contribution in [3.63, 3.8) is 0 Å². The minimum atomic E-state index is -6.15. The van der Waals surface area contributed by atoms with Crippen LogP contribution < -0.4 is 0 Å². The molecule has 2 aromatic carbocycles. The van der Waals surface area contributed by atoms with E-state index in [1.165, 1.54) is 48.5 Å². The predicted octanol–water partition coefficient (Wildman–Crippen LogP) is 2.02. The van der Waals surface area contributed by atoms with Crippen LogP contribution in [-0.2, 0) is 28.5 Å². The molecule has 9 nitrogen and oxygen atoms in total. The Bertz CT molecular complexity index is 1070. The molecule has 33 heavy (non-hydrogen) atoms. The highest BCUT2D eigenvalue weighted by molar-refractivity contribution is 7.87. The van der Waals surface area contributed by atoms with Gasteiger partial charge in [-0.1, -0.05) is 36.4 Å². The SMILES string of the molecule is O=C(OC1[C@H](OS(=O)(=O)C(F)(F)F)CO[C@@H](O)[C@H]1OC(=O)c1ccccc1)c1ccccc1. The molecule has 2 aromatic rings. The summed E-state index contributed by atoms with van der Waals surface area (Å²) in [6.45, 7) is -0.914. The topological polar surface area (TPSA) is 125 Å². The Kier molecular flexibility index (Phi) is 7.37. The summed E-state index contributed by atoms with van der Waals surface area (Å²) in [5, 5.41) is 10.2. The number of hydrogen-bond donors (Lipinski definition) is 1. The third kappa shape index (κ3) is 5.87. The molecule has 0 amide bonds. The predicted molar refractivity (Wildman–Crippen MR) is 103 cm³/mol. The molecule has 3 rings (SSSR count). The van der Waals surface area contributed by atoms with Gasteiger partial charge in [-0.2, -0.15) is 21.6 Å². The lowest BCUT2D eigenvalue weighted by Crippen LogP contribution is -2.58. The molecular weight excluding hydrogens is 473 g/mol. The second kappa shape index (κ2) is 9.87. The van der Waals surface area contributed by atoms with E-state index in [9.17, 15) is 36.3 Å². The molecule has 1 heterocycles. The van der Waals surface area contributed by atoms with Crippen molar-refractivity contribution in [2.75, 3.05) is 6.61 Å². The number of esters is 2. The fraction of sp³-hybridized carbons (Fsp3) is 0.300. The first kappa shape index (κ1) is 24.6. The lowest BCUT2D eigenvalue weighted by Gasteiger charge is -2.38. The van der Waals surface area contributed by atoms with E-state index in [0.717, 1.165) is 0 Å². The largest absolute Gasteiger partial charge is 0.523 e. The number of benzene rings is 2. The number of aliphatic hydroxyl groups excluding tert-OH is 1. The van der Waals surface area contributed by atoms with E-state index in [1.807, 2.05) is 0 Å². The monoisotopic (exact) mass is 490 g/mol. The number of alkyl halides is 3. The average Bonchev–Trinajstić information content (AvgIpc) is 2.78. The van der Waals surface area contributed by atoms with Crippen molar-refractivity contribution in [2.24, 2.45) is 0 Å². The highest BCUT2D eigenvalue weighted by Gasteiger charge is 2.53. The molecule has 13 heteroatoms. The maximum Gasteiger partial charge on any atom is 0.523 e. The van der Waals surface area contributed by atoms with Gasteiger partial charge in [0.1, 0.15) is 6.10 Å². The number of carbonyl (C=O) groups excluding carboxylic acids is 2. The lowest BCUT2D eigenvalue weighted by atomic mass is 10.0. The second-order valence-electron chi connectivity index (χ2n) is 6.73. The summed E-state index contributed by atoms with van der Waals surface area (Å²) >= 11 is 0. The molecule has 1 fully saturated rings. The Morgan fingerprint density at radius 1 is 0.879 bits per heavy atom. The Morgan fingerprint density at radius 3 is 1.79 bits per heavy atom. The highest BCUT2D eigenvalue weighted by Crippen LogP contribution is 2.31. The first-order valence-corrected chi connectivity index (χ1v) is 10.7. The van der Waals surface area contributed by atoms with Crippen molar-refractivity contribution in [2.45, 2.75) is 30.1 Å². The van der Waals surface area contributed by atoms with Crippen molar-refractivity contribution < 1.29 is 54.7 Å². The number of ether oxygens (including phenoxy) is 3. The van der Waals surface area contributed by atoms with Crippen molar-refractivity contribution in [1.82, 2.24) is 0 Å². The smallest absolute Gasteiger partial charge is 0.452 e. The zero-order chi connectivity index (χ0) is 24.2. The van der Waals surface area contributed by atoms with E-state index in [4.69, 9.17) is 14.2 Å². The zero-order valence-electron chi connectivity index (χ0n) is 16.5. The number of halogens is 3. The first-order chi connectivity index (χ1) is 15.5. The Balaban J connectivity index is 1.91. The Morgan fingerprint density at radius 2 is 1.33 bits per heavy atom. The first-order valence-electron chi connectivity index (χ1n) is 9.31. The van der Waals surface area contributed by atoms with Crippen LogP contribution in [0.2, 0.25) is 0 Å². The van der Waals surface area contributed by atoms with Gasteiger partial charge in [0.25, 0.3) is 0 Å². The summed E-state index contributed by atoms with van der Waals surface area (Å²) in [4.78, 5) is 25.0. The number of rotatable bonds is 6. The van der Waals surface area contributed by atoms with E-state index in [-0.39, 0.29) is 11.1 Å². The van der Waals surface area contributed by atoms with Crippen LogP contribution in [0.5, 0.6) is 0 Å². The van der Waals surface area contributed by atoms with Crippen LogP contribution in [0.25, 0.3) is 0 Å². The fourth-order valence-electron chi connectivity index (χ4n) is 2.86. The van der Waals surface area contributed by atoms with Crippen LogP contribution in [0.1, 0.15) is 20.7 Å². The normalized spacial score (nSPS) is 23.5. The summed E-state index contributed by atoms with van der Waals surface area (Å²) in [7, 11) is -6.15. The summed E-state index contributed by atoms with van der Waals surface area (Å²) in [6.07, 6.45) is -7.92. The van der Waals surface area contributed by atoms with E-state index in [1.54, 1.807) is 12.1 Å². The molecule has 0 saturated carbocycles. The summed E-state index contributed by atoms with van der Waals surface area (Å²) in [5.41, 5.74) is -5.82. The van der Waals surface area contributed by atoms with Gasteiger partial charge in [-0.25, -0.2) is 9.59 Å². The van der Waals surface area contributed by atoms with Crippen molar-refractivity contribution in [1.29, 1.82) is 0 Å². The van der Waals surface area contributed by atoms with Crippen molar-refractivity contribution in [3.05, 3.63) is 71.8 Å². The molecule has 0 bridgehead atoms.